The largest absolute Gasteiger partial charge is 0.450 e. The summed E-state index contributed by atoms with van der Waals surface area (Å²) in [5.41, 5.74) is 2.56. The Labute approximate surface area is 182 Å². The minimum absolute atomic E-state index is 0.00330. The van der Waals surface area contributed by atoms with Gasteiger partial charge in [-0.05, 0) is 43.3 Å². The highest BCUT2D eigenvalue weighted by atomic mass is 32.2. The van der Waals surface area contributed by atoms with Gasteiger partial charge in [0, 0.05) is 29.6 Å². The van der Waals surface area contributed by atoms with E-state index in [4.69, 9.17) is 4.42 Å². The van der Waals surface area contributed by atoms with Crippen molar-refractivity contribution in [3.05, 3.63) is 75.6 Å². The Morgan fingerprint density at radius 1 is 1.16 bits per heavy atom. The third-order valence-electron chi connectivity index (χ3n) is 5.05. The number of carbonyl (C=O) groups excluding carboxylic acids is 3. The number of aryl methyl sites for hydroxylation is 2. The maximum Gasteiger partial charge on any atom is 0.293 e. The van der Waals surface area contributed by atoms with Crippen molar-refractivity contribution in [3.8, 4) is 0 Å². The van der Waals surface area contributed by atoms with E-state index in [9.17, 15) is 18.8 Å². The Kier molecular flexibility index (Phi) is 5.65. The highest BCUT2D eigenvalue weighted by Crippen LogP contribution is 2.32. The van der Waals surface area contributed by atoms with Gasteiger partial charge in [-0.15, -0.1) is 0 Å². The van der Waals surface area contributed by atoms with Crippen molar-refractivity contribution in [1.82, 2.24) is 10.2 Å². The van der Waals surface area contributed by atoms with Crippen LogP contribution in [0.2, 0.25) is 0 Å². The number of nitrogens with one attached hydrogen (secondary N) is 1. The molecule has 1 aliphatic rings. The zero-order chi connectivity index (χ0) is 22.1. The first-order chi connectivity index (χ1) is 14.9. The molecule has 0 atom stereocenters. The van der Waals surface area contributed by atoms with E-state index in [2.05, 4.69) is 5.32 Å². The van der Waals surface area contributed by atoms with Crippen molar-refractivity contribution in [1.29, 1.82) is 0 Å². The molecule has 8 heteroatoms. The van der Waals surface area contributed by atoms with Crippen LogP contribution in [-0.2, 0) is 4.79 Å². The molecule has 4 rings (SSSR count). The number of benzene rings is 2. The lowest BCUT2D eigenvalue weighted by molar-refractivity contribution is -0.122. The van der Waals surface area contributed by atoms with Crippen molar-refractivity contribution >= 4 is 45.9 Å². The average molecular weight is 438 g/mol. The molecule has 31 heavy (non-hydrogen) atoms. The Morgan fingerprint density at radius 3 is 2.68 bits per heavy atom. The number of furan rings is 1. The SMILES string of the molecule is Cc1c(C(=O)NCCN2C(=O)SC(=Cc3ccccc3F)C2=O)oc2c(C)cccc12. The zero-order valence-corrected chi connectivity index (χ0v) is 17.7. The molecule has 3 aromatic rings. The quantitative estimate of drug-likeness (QED) is 0.587. The van der Waals surface area contributed by atoms with E-state index in [0.29, 0.717) is 5.58 Å². The molecule has 1 fully saturated rings. The molecule has 6 nitrogen and oxygen atoms in total. The fourth-order valence-electron chi connectivity index (χ4n) is 3.39. The van der Waals surface area contributed by atoms with Gasteiger partial charge in [0.25, 0.3) is 17.1 Å². The molecule has 0 spiro atoms. The van der Waals surface area contributed by atoms with Gasteiger partial charge in [0.05, 0.1) is 4.91 Å². The molecule has 158 valence electrons. The number of amides is 3. The Bertz CT molecular complexity index is 1250. The van der Waals surface area contributed by atoms with Crippen LogP contribution in [0.25, 0.3) is 17.0 Å². The van der Waals surface area contributed by atoms with Gasteiger partial charge in [0.15, 0.2) is 5.76 Å². The smallest absolute Gasteiger partial charge is 0.293 e. The highest BCUT2D eigenvalue weighted by molar-refractivity contribution is 8.18. The van der Waals surface area contributed by atoms with Gasteiger partial charge in [-0.25, -0.2) is 4.39 Å². The number of halogens is 1. The number of para-hydroxylation sites is 1. The Hall–Kier alpha value is -3.39. The van der Waals surface area contributed by atoms with E-state index in [1.807, 2.05) is 32.0 Å². The van der Waals surface area contributed by atoms with E-state index in [-0.39, 0.29) is 29.3 Å². The average Bonchev–Trinajstić information content (AvgIpc) is 3.22. The fourth-order valence-corrected chi connectivity index (χ4v) is 4.24. The number of carbonyl (C=O) groups is 3. The molecule has 2 aromatic carbocycles. The summed E-state index contributed by atoms with van der Waals surface area (Å²) < 4.78 is 19.6. The lowest BCUT2D eigenvalue weighted by Crippen LogP contribution is -2.37. The maximum absolute atomic E-state index is 13.8. The maximum atomic E-state index is 13.8. The summed E-state index contributed by atoms with van der Waals surface area (Å²) in [7, 11) is 0. The molecule has 0 radical (unpaired) electrons. The van der Waals surface area contributed by atoms with Crippen LogP contribution in [0.3, 0.4) is 0 Å². The second kappa shape index (κ2) is 8.39. The number of rotatable bonds is 5. The second-order valence-electron chi connectivity index (χ2n) is 7.12. The standard InChI is InChI=1S/C23H19FN2O4S/c1-13-6-5-8-16-14(2)20(30-19(13)16)21(27)25-10-11-26-22(28)18(31-23(26)29)12-15-7-3-4-9-17(15)24/h3-9,12H,10-11H2,1-2H3,(H,25,27). The summed E-state index contributed by atoms with van der Waals surface area (Å²) in [6.45, 7) is 3.79. The number of thioether (sulfide) groups is 1. The van der Waals surface area contributed by atoms with E-state index in [1.54, 1.807) is 12.1 Å². The highest BCUT2D eigenvalue weighted by Gasteiger charge is 2.35. The van der Waals surface area contributed by atoms with Crippen molar-refractivity contribution in [2.45, 2.75) is 13.8 Å². The molecule has 1 aliphatic heterocycles. The van der Waals surface area contributed by atoms with E-state index < -0.39 is 22.9 Å². The van der Waals surface area contributed by atoms with Gasteiger partial charge in [0.1, 0.15) is 11.4 Å². The summed E-state index contributed by atoms with van der Waals surface area (Å²) >= 11 is 0.748. The lowest BCUT2D eigenvalue weighted by atomic mass is 10.1. The predicted octanol–water partition coefficient (Wildman–Crippen LogP) is 4.66. The zero-order valence-electron chi connectivity index (χ0n) is 16.9. The van der Waals surface area contributed by atoms with Crippen LogP contribution in [0.4, 0.5) is 9.18 Å². The molecular formula is C23H19FN2O4S. The monoisotopic (exact) mass is 438 g/mol. The topological polar surface area (TPSA) is 79.6 Å². The molecule has 0 aliphatic carbocycles. The van der Waals surface area contributed by atoms with Gasteiger partial charge in [-0.3, -0.25) is 19.3 Å². The van der Waals surface area contributed by atoms with Crippen LogP contribution in [0.5, 0.6) is 0 Å². The van der Waals surface area contributed by atoms with Crippen LogP contribution in [0.1, 0.15) is 27.2 Å². The van der Waals surface area contributed by atoms with Gasteiger partial charge in [-0.1, -0.05) is 36.4 Å². The summed E-state index contributed by atoms with van der Waals surface area (Å²) in [6, 6.07) is 11.7. The van der Waals surface area contributed by atoms with Gasteiger partial charge in [-0.2, -0.15) is 0 Å². The first-order valence-electron chi connectivity index (χ1n) is 9.63. The van der Waals surface area contributed by atoms with Crippen LogP contribution < -0.4 is 5.32 Å². The Morgan fingerprint density at radius 2 is 1.94 bits per heavy atom. The fraction of sp³-hybridized carbons (Fsp3) is 0.174. The summed E-state index contributed by atoms with van der Waals surface area (Å²) in [4.78, 5) is 38.5. The van der Waals surface area contributed by atoms with Crippen LogP contribution >= 0.6 is 11.8 Å². The molecule has 3 amide bonds. The first kappa shape index (κ1) is 20.9. The summed E-state index contributed by atoms with van der Waals surface area (Å²) in [6.07, 6.45) is 1.36. The van der Waals surface area contributed by atoms with Crippen molar-refractivity contribution < 1.29 is 23.2 Å². The minimum Gasteiger partial charge on any atom is -0.450 e. The normalized spacial score (nSPS) is 15.3. The molecule has 0 bridgehead atoms. The molecule has 2 heterocycles. The Balaban J connectivity index is 1.42. The number of fused-ring (bicyclic) bond motifs is 1. The molecule has 0 unspecified atom stereocenters. The molecular weight excluding hydrogens is 419 g/mol. The van der Waals surface area contributed by atoms with Crippen LogP contribution in [0, 0.1) is 19.7 Å². The second-order valence-corrected chi connectivity index (χ2v) is 8.11. The number of nitrogens with zero attached hydrogens (tertiary/aromatic N) is 1. The van der Waals surface area contributed by atoms with E-state index in [0.717, 1.165) is 33.2 Å². The van der Waals surface area contributed by atoms with Crippen molar-refractivity contribution in [3.63, 3.8) is 0 Å². The van der Waals surface area contributed by atoms with Crippen molar-refractivity contribution in [2.24, 2.45) is 0 Å². The predicted molar refractivity (Wildman–Crippen MR) is 117 cm³/mol. The molecule has 1 N–H and O–H groups in total. The lowest BCUT2D eigenvalue weighted by Gasteiger charge is -2.12. The molecule has 1 saturated heterocycles. The van der Waals surface area contributed by atoms with Crippen molar-refractivity contribution in [2.75, 3.05) is 13.1 Å². The van der Waals surface area contributed by atoms with Gasteiger partial charge < -0.3 is 9.73 Å². The van der Waals surface area contributed by atoms with Crippen LogP contribution in [-0.4, -0.2) is 35.0 Å². The van der Waals surface area contributed by atoms with E-state index in [1.165, 1.54) is 18.2 Å². The minimum atomic E-state index is -0.511. The van der Waals surface area contributed by atoms with Gasteiger partial charge >= 0.3 is 0 Å². The summed E-state index contributed by atoms with van der Waals surface area (Å²) in [5, 5.41) is 3.10. The molecule has 0 saturated carbocycles. The number of hydrogen-bond donors (Lipinski definition) is 1. The number of imide groups is 1. The number of hydrogen-bond acceptors (Lipinski definition) is 5. The van der Waals surface area contributed by atoms with E-state index >= 15 is 0 Å². The summed E-state index contributed by atoms with van der Waals surface area (Å²) in [5.74, 6) is -1.19. The third-order valence-corrected chi connectivity index (χ3v) is 5.96. The first-order valence-corrected chi connectivity index (χ1v) is 10.5. The van der Waals surface area contributed by atoms with Crippen LogP contribution in [0.15, 0.2) is 51.8 Å². The van der Waals surface area contributed by atoms with Gasteiger partial charge in [0.2, 0.25) is 0 Å². The third kappa shape index (κ3) is 3.98. The molecule has 1 aromatic heterocycles.